The number of nitrogens with zero attached hydrogens (tertiary/aromatic N) is 4. The SMILES string of the molecule is CN1C(=O)OC2(CCNCC2C2NCC(=O)N3CCCC23c2c(N)cncc2F)C1c1c(N)cncc1F. The number of fused-ring (bicyclic) bond motifs is 1. The van der Waals surface area contributed by atoms with Gasteiger partial charge in [0.25, 0.3) is 0 Å². The number of hydrogen-bond acceptors (Lipinski definition) is 9. The van der Waals surface area contributed by atoms with Crippen LogP contribution in [0.25, 0.3) is 0 Å². The molecular formula is C25H30F2N8O3. The van der Waals surface area contributed by atoms with Gasteiger partial charge in [0.15, 0.2) is 0 Å². The average Bonchev–Trinajstić information content (AvgIpc) is 3.42. The van der Waals surface area contributed by atoms with E-state index in [9.17, 15) is 9.59 Å². The van der Waals surface area contributed by atoms with Crippen molar-refractivity contribution in [3.8, 4) is 0 Å². The second-order valence-corrected chi connectivity index (χ2v) is 10.5. The van der Waals surface area contributed by atoms with Crippen LogP contribution in [0.15, 0.2) is 24.8 Å². The van der Waals surface area contributed by atoms with Gasteiger partial charge < -0.3 is 31.7 Å². The fraction of sp³-hybridized carbons (Fsp3) is 0.520. The van der Waals surface area contributed by atoms with Gasteiger partial charge in [0, 0.05) is 49.6 Å². The number of carbonyl (C=O) groups is 2. The standard InChI is InChI=1S/C25H30F2N8O3/c1-34-22(19-14(26)8-31-10-16(19)28)25(38-23(34)37)4-5-30-7-13(25)21-24(20-15(27)9-32-11-17(20)29)3-2-6-35(24)18(36)12-33-21/h8-11,13,21-22,30,33H,2-7,12,28-29H2,1H3. The van der Waals surface area contributed by atoms with Crippen LogP contribution in [-0.4, -0.2) is 76.6 Å². The monoisotopic (exact) mass is 528 g/mol. The van der Waals surface area contributed by atoms with Crippen LogP contribution in [0, 0.1) is 17.6 Å². The van der Waals surface area contributed by atoms with Crippen molar-refractivity contribution in [2.45, 2.75) is 42.5 Å². The molecule has 0 aliphatic carbocycles. The van der Waals surface area contributed by atoms with E-state index >= 15 is 8.78 Å². The molecule has 13 heteroatoms. The Morgan fingerprint density at radius 2 is 1.82 bits per heavy atom. The zero-order valence-electron chi connectivity index (χ0n) is 20.9. The molecule has 0 saturated carbocycles. The highest BCUT2D eigenvalue weighted by Gasteiger charge is 2.66. The van der Waals surface area contributed by atoms with Crippen LogP contribution in [0.4, 0.5) is 25.0 Å². The third kappa shape index (κ3) is 3.24. The van der Waals surface area contributed by atoms with Gasteiger partial charge in [0.2, 0.25) is 5.91 Å². The lowest BCUT2D eigenvalue weighted by Crippen LogP contribution is -2.72. The number of amides is 2. The lowest BCUT2D eigenvalue weighted by molar-refractivity contribution is -0.147. The van der Waals surface area contributed by atoms with Gasteiger partial charge in [0.1, 0.15) is 23.3 Å². The maximum atomic E-state index is 15.6. The summed E-state index contributed by atoms with van der Waals surface area (Å²) in [6.07, 6.45) is 5.70. The molecule has 11 nitrogen and oxygen atoms in total. The summed E-state index contributed by atoms with van der Waals surface area (Å²) in [6, 6.07) is -1.47. The predicted octanol–water partition coefficient (Wildman–Crippen LogP) is 0.880. The number of nitrogens with one attached hydrogen (secondary N) is 2. The van der Waals surface area contributed by atoms with Gasteiger partial charge in [0.05, 0.1) is 48.2 Å². The smallest absolute Gasteiger partial charge is 0.410 e. The number of nitrogens with two attached hydrogens (primary N) is 2. The second kappa shape index (κ2) is 8.73. The molecule has 6 heterocycles. The van der Waals surface area contributed by atoms with E-state index in [0.29, 0.717) is 38.9 Å². The molecular weight excluding hydrogens is 498 g/mol. The normalized spacial score (nSPS) is 33.1. The Morgan fingerprint density at radius 3 is 2.55 bits per heavy atom. The average molecular weight is 529 g/mol. The fourth-order valence-electron chi connectivity index (χ4n) is 7.45. The molecule has 6 N–H and O–H groups in total. The van der Waals surface area contributed by atoms with E-state index in [1.54, 1.807) is 11.9 Å². The molecule has 5 atom stereocenters. The number of rotatable bonds is 3. The van der Waals surface area contributed by atoms with Gasteiger partial charge in [-0.25, -0.2) is 13.6 Å². The van der Waals surface area contributed by atoms with E-state index in [0.717, 1.165) is 12.4 Å². The number of nitrogen functional groups attached to an aromatic ring is 2. The first-order valence-corrected chi connectivity index (χ1v) is 12.7. The van der Waals surface area contributed by atoms with E-state index in [4.69, 9.17) is 16.2 Å². The van der Waals surface area contributed by atoms with E-state index < -0.39 is 46.9 Å². The van der Waals surface area contributed by atoms with Crippen molar-refractivity contribution >= 4 is 23.4 Å². The van der Waals surface area contributed by atoms with Crippen molar-refractivity contribution in [3.05, 3.63) is 47.5 Å². The Morgan fingerprint density at radius 1 is 1.08 bits per heavy atom. The van der Waals surface area contributed by atoms with E-state index in [1.165, 1.54) is 17.3 Å². The molecule has 1 spiro atoms. The third-order valence-electron chi connectivity index (χ3n) is 8.82. The molecule has 0 bridgehead atoms. The third-order valence-corrected chi connectivity index (χ3v) is 8.82. The van der Waals surface area contributed by atoms with Crippen molar-refractivity contribution in [1.82, 2.24) is 30.4 Å². The van der Waals surface area contributed by atoms with Gasteiger partial charge in [-0.3, -0.25) is 19.7 Å². The number of ether oxygens (including phenoxy) is 1. The molecule has 0 aromatic carbocycles. The highest BCUT2D eigenvalue weighted by molar-refractivity contribution is 5.82. The molecule has 2 aromatic rings. The van der Waals surface area contributed by atoms with Crippen LogP contribution in [-0.2, 0) is 15.1 Å². The van der Waals surface area contributed by atoms with E-state index in [2.05, 4.69) is 20.6 Å². The minimum atomic E-state index is -1.25. The highest BCUT2D eigenvalue weighted by atomic mass is 19.1. The largest absolute Gasteiger partial charge is 0.440 e. The summed E-state index contributed by atoms with van der Waals surface area (Å²) in [4.78, 5) is 37.2. The van der Waals surface area contributed by atoms with Crippen LogP contribution < -0.4 is 22.1 Å². The molecule has 4 saturated heterocycles. The summed E-state index contributed by atoms with van der Waals surface area (Å²) < 4.78 is 37.1. The number of carbonyl (C=O) groups excluding carboxylic acids is 2. The van der Waals surface area contributed by atoms with Crippen molar-refractivity contribution in [1.29, 1.82) is 0 Å². The van der Waals surface area contributed by atoms with Crippen molar-refractivity contribution in [2.24, 2.45) is 5.92 Å². The first kappa shape index (κ1) is 24.7. The zero-order valence-corrected chi connectivity index (χ0v) is 20.9. The fourth-order valence-corrected chi connectivity index (χ4v) is 7.45. The second-order valence-electron chi connectivity index (χ2n) is 10.5. The number of piperidine rings is 1. The van der Waals surface area contributed by atoms with Gasteiger partial charge in [-0.05, 0) is 19.4 Å². The molecule has 4 fully saturated rings. The Labute approximate surface area is 217 Å². The van der Waals surface area contributed by atoms with Crippen LogP contribution in [0.3, 0.4) is 0 Å². The Kier molecular flexibility index (Phi) is 5.69. The molecule has 6 rings (SSSR count). The summed E-state index contributed by atoms with van der Waals surface area (Å²) in [5, 5.41) is 6.74. The lowest BCUT2D eigenvalue weighted by Gasteiger charge is -2.56. The molecule has 2 aromatic heterocycles. The van der Waals surface area contributed by atoms with E-state index in [-0.39, 0.29) is 35.0 Å². The molecule has 2 amide bonds. The van der Waals surface area contributed by atoms with Crippen molar-refractivity contribution in [2.75, 3.05) is 44.7 Å². The van der Waals surface area contributed by atoms with Crippen LogP contribution >= 0.6 is 0 Å². The Balaban J connectivity index is 1.56. The molecule has 38 heavy (non-hydrogen) atoms. The first-order chi connectivity index (χ1) is 18.2. The number of aromatic nitrogens is 2. The number of hydrogen-bond donors (Lipinski definition) is 4. The minimum absolute atomic E-state index is 0.0197. The quantitative estimate of drug-likeness (QED) is 0.455. The zero-order chi connectivity index (χ0) is 26.8. The summed E-state index contributed by atoms with van der Waals surface area (Å²) in [7, 11) is 1.55. The van der Waals surface area contributed by atoms with Crippen molar-refractivity contribution < 1.29 is 23.1 Å². The number of halogens is 2. The van der Waals surface area contributed by atoms with Crippen LogP contribution in [0.1, 0.15) is 36.4 Å². The minimum Gasteiger partial charge on any atom is -0.440 e. The van der Waals surface area contributed by atoms with Gasteiger partial charge in [-0.2, -0.15) is 0 Å². The van der Waals surface area contributed by atoms with Crippen molar-refractivity contribution in [3.63, 3.8) is 0 Å². The highest BCUT2D eigenvalue weighted by Crippen LogP contribution is 2.56. The number of pyridine rings is 2. The van der Waals surface area contributed by atoms with Gasteiger partial charge in [-0.1, -0.05) is 0 Å². The number of piperazine rings is 1. The predicted molar refractivity (Wildman–Crippen MR) is 132 cm³/mol. The van der Waals surface area contributed by atoms with Crippen LogP contribution in [0.2, 0.25) is 0 Å². The van der Waals surface area contributed by atoms with E-state index in [1.807, 2.05) is 0 Å². The molecule has 4 aliphatic heterocycles. The number of anilines is 2. The topological polar surface area (TPSA) is 152 Å². The Hall–Kier alpha value is -3.58. The Bertz CT molecular complexity index is 1270. The molecule has 202 valence electrons. The summed E-state index contributed by atoms with van der Waals surface area (Å²) in [5.74, 6) is -1.96. The molecule has 5 unspecified atom stereocenters. The number of likely N-dealkylation sites (N-methyl/N-ethyl adjacent to an activating group) is 1. The lowest BCUT2D eigenvalue weighted by atomic mass is 9.63. The first-order valence-electron chi connectivity index (χ1n) is 12.7. The maximum Gasteiger partial charge on any atom is 0.410 e. The summed E-state index contributed by atoms with van der Waals surface area (Å²) in [5.41, 5.74) is 10.7. The van der Waals surface area contributed by atoms with Gasteiger partial charge in [-0.15, -0.1) is 0 Å². The van der Waals surface area contributed by atoms with Crippen LogP contribution in [0.5, 0.6) is 0 Å². The summed E-state index contributed by atoms with van der Waals surface area (Å²) in [6.45, 7) is 1.30. The molecule has 4 aliphatic rings. The van der Waals surface area contributed by atoms with Gasteiger partial charge >= 0.3 is 6.09 Å². The molecule has 0 radical (unpaired) electrons. The maximum absolute atomic E-state index is 15.6. The summed E-state index contributed by atoms with van der Waals surface area (Å²) >= 11 is 0.